The third-order valence-corrected chi connectivity index (χ3v) is 3.61. The van der Waals surface area contributed by atoms with Crippen LogP contribution in [-0.2, 0) is 4.74 Å². The molecule has 0 spiro atoms. The van der Waals surface area contributed by atoms with E-state index in [2.05, 4.69) is 0 Å². The molecule has 0 saturated carbocycles. The lowest BCUT2D eigenvalue weighted by Crippen LogP contribution is -2.40. The van der Waals surface area contributed by atoms with Crippen LogP contribution in [0, 0.1) is 5.82 Å². The Morgan fingerprint density at radius 2 is 2.09 bits per heavy atom. The first-order valence-corrected chi connectivity index (χ1v) is 7.10. The van der Waals surface area contributed by atoms with Crippen LogP contribution in [0.2, 0.25) is 0 Å². The van der Waals surface area contributed by atoms with Gasteiger partial charge in [-0.05, 0) is 31.0 Å². The Labute approximate surface area is 136 Å². The molecular formula is C15H22ClFN2O3. The second-order valence-corrected chi connectivity index (χ2v) is 5.00. The Bertz CT molecular complexity index is 494. The van der Waals surface area contributed by atoms with Gasteiger partial charge in [-0.2, -0.15) is 0 Å². The van der Waals surface area contributed by atoms with E-state index in [-0.39, 0.29) is 36.6 Å². The number of likely N-dealkylation sites (tertiary alicyclic amines) is 1. The topological polar surface area (TPSA) is 64.8 Å². The molecule has 1 aliphatic heterocycles. The van der Waals surface area contributed by atoms with Crippen molar-refractivity contribution >= 4 is 18.3 Å². The maximum absolute atomic E-state index is 13.4. The average Bonchev–Trinajstić information content (AvgIpc) is 2.53. The van der Waals surface area contributed by atoms with Crippen LogP contribution in [-0.4, -0.2) is 50.3 Å². The number of benzene rings is 1. The Hall–Kier alpha value is -1.37. The number of hydrogen-bond donors (Lipinski definition) is 1. The summed E-state index contributed by atoms with van der Waals surface area (Å²) in [6.07, 6.45) is 1.77. The molecule has 2 rings (SSSR count). The molecule has 22 heavy (non-hydrogen) atoms. The monoisotopic (exact) mass is 332 g/mol. The number of amides is 1. The molecule has 0 aromatic heterocycles. The first-order valence-electron chi connectivity index (χ1n) is 7.10. The zero-order valence-corrected chi connectivity index (χ0v) is 13.4. The lowest BCUT2D eigenvalue weighted by Gasteiger charge is -2.31. The highest BCUT2D eigenvalue weighted by Gasteiger charge is 2.25. The largest absolute Gasteiger partial charge is 0.491 e. The van der Waals surface area contributed by atoms with Crippen molar-refractivity contribution in [1.29, 1.82) is 0 Å². The van der Waals surface area contributed by atoms with Gasteiger partial charge in [0, 0.05) is 26.7 Å². The van der Waals surface area contributed by atoms with Crippen LogP contribution in [0.25, 0.3) is 0 Å². The Balaban J connectivity index is 0.00000242. The fourth-order valence-electron chi connectivity index (χ4n) is 2.43. The van der Waals surface area contributed by atoms with Gasteiger partial charge in [0.25, 0.3) is 5.91 Å². The summed E-state index contributed by atoms with van der Waals surface area (Å²) in [5.41, 5.74) is 5.65. The number of methoxy groups -OCH3 is 1. The molecule has 5 nitrogen and oxygen atoms in total. The van der Waals surface area contributed by atoms with Gasteiger partial charge in [-0.15, -0.1) is 12.4 Å². The van der Waals surface area contributed by atoms with E-state index in [1.165, 1.54) is 18.2 Å². The van der Waals surface area contributed by atoms with Crippen LogP contribution in [0.15, 0.2) is 18.2 Å². The lowest BCUT2D eigenvalue weighted by molar-refractivity contribution is 0.0348. The van der Waals surface area contributed by atoms with Crippen LogP contribution in [0.4, 0.5) is 4.39 Å². The van der Waals surface area contributed by atoms with Gasteiger partial charge in [-0.25, -0.2) is 4.39 Å². The predicted molar refractivity (Wildman–Crippen MR) is 84.1 cm³/mol. The van der Waals surface area contributed by atoms with E-state index in [9.17, 15) is 9.18 Å². The molecule has 1 amide bonds. The molecule has 1 fully saturated rings. The van der Waals surface area contributed by atoms with E-state index >= 15 is 0 Å². The van der Waals surface area contributed by atoms with Crippen molar-refractivity contribution in [3.05, 3.63) is 29.6 Å². The summed E-state index contributed by atoms with van der Waals surface area (Å²) in [7, 11) is 1.67. The Morgan fingerprint density at radius 3 is 2.68 bits per heavy atom. The summed E-state index contributed by atoms with van der Waals surface area (Å²) in [5, 5.41) is 0. The third kappa shape index (κ3) is 4.56. The molecule has 1 aliphatic rings. The SMILES string of the molecule is COC1CCN(C(=O)c2cc(F)ccc2OCCN)CC1.Cl. The van der Waals surface area contributed by atoms with Gasteiger partial charge in [0.05, 0.1) is 11.7 Å². The maximum atomic E-state index is 13.4. The van der Waals surface area contributed by atoms with Gasteiger partial charge in [0.1, 0.15) is 18.2 Å². The first kappa shape index (κ1) is 18.7. The highest BCUT2D eigenvalue weighted by atomic mass is 35.5. The van der Waals surface area contributed by atoms with E-state index in [0.29, 0.717) is 25.4 Å². The second kappa shape index (κ2) is 8.92. The average molecular weight is 333 g/mol. The molecule has 0 unspecified atom stereocenters. The standard InChI is InChI=1S/C15H21FN2O3.ClH/c1-20-12-4-7-18(8-5-12)15(19)13-10-11(16)2-3-14(13)21-9-6-17;/h2-3,10,12H,4-9,17H2,1H3;1H. The van der Waals surface area contributed by atoms with Crippen LogP contribution in [0.5, 0.6) is 5.75 Å². The van der Waals surface area contributed by atoms with Crippen molar-refractivity contribution in [2.24, 2.45) is 5.73 Å². The van der Waals surface area contributed by atoms with Gasteiger partial charge >= 0.3 is 0 Å². The van der Waals surface area contributed by atoms with Gasteiger partial charge in [0.15, 0.2) is 0 Å². The molecule has 1 saturated heterocycles. The Kier molecular flexibility index (Phi) is 7.58. The van der Waals surface area contributed by atoms with Crippen LogP contribution in [0.3, 0.4) is 0 Å². The molecule has 124 valence electrons. The molecule has 0 aliphatic carbocycles. The summed E-state index contributed by atoms with van der Waals surface area (Å²) in [4.78, 5) is 14.2. The highest BCUT2D eigenvalue weighted by Crippen LogP contribution is 2.23. The fourth-order valence-corrected chi connectivity index (χ4v) is 2.43. The summed E-state index contributed by atoms with van der Waals surface area (Å²) in [6.45, 7) is 1.83. The number of ether oxygens (including phenoxy) is 2. The molecule has 1 aromatic carbocycles. The number of carbonyl (C=O) groups is 1. The minimum absolute atomic E-state index is 0. The molecule has 0 radical (unpaired) electrons. The third-order valence-electron chi connectivity index (χ3n) is 3.61. The number of piperidine rings is 1. The summed E-state index contributed by atoms with van der Waals surface area (Å²) in [5.74, 6) is -0.290. The normalized spacial score (nSPS) is 15.3. The van der Waals surface area contributed by atoms with Gasteiger partial charge in [0.2, 0.25) is 0 Å². The summed E-state index contributed by atoms with van der Waals surface area (Å²) in [6, 6.07) is 3.97. The minimum atomic E-state index is -0.453. The highest BCUT2D eigenvalue weighted by molar-refractivity contribution is 5.97. The second-order valence-electron chi connectivity index (χ2n) is 5.00. The molecular weight excluding hydrogens is 311 g/mol. The van der Waals surface area contributed by atoms with Crippen molar-refractivity contribution < 1.29 is 18.7 Å². The van der Waals surface area contributed by atoms with Crippen molar-refractivity contribution in [2.45, 2.75) is 18.9 Å². The van der Waals surface area contributed by atoms with Crippen LogP contribution < -0.4 is 10.5 Å². The quantitative estimate of drug-likeness (QED) is 0.893. The van der Waals surface area contributed by atoms with Gasteiger partial charge in [-0.1, -0.05) is 0 Å². The number of nitrogens with zero attached hydrogens (tertiary/aromatic N) is 1. The first-order chi connectivity index (χ1) is 10.2. The molecule has 0 bridgehead atoms. The van der Waals surface area contributed by atoms with E-state index in [0.717, 1.165) is 12.8 Å². The maximum Gasteiger partial charge on any atom is 0.257 e. The zero-order chi connectivity index (χ0) is 15.2. The summed E-state index contributed by atoms with van der Waals surface area (Å²) >= 11 is 0. The molecule has 0 atom stereocenters. The van der Waals surface area contributed by atoms with E-state index in [1.807, 2.05) is 0 Å². The molecule has 1 aromatic rings. The lowest BCUT2D eigenvalue weighted by atomic mass is 10.1. The number of nitrogens with two attached hydrogens (primary N) is 1. The van der Waals surface area contributed by atoms with Crippen LogP contribution in [0.1, 0.15) is 23.2 Å². The van der Waals surface area contributed by atoms with Crippen molar-refractivity contribution in [3.63, 3.8) is 0 Å². The number of carbonyl (C=O) groups excluding carboxylic acids is 1. The number of rotatable bonds is 5. The van der Waals surface area contributed by atoms with Crippen molar-refractivity contribution in [3.8, 4) is 5.75 Å². The van der Waals surface area contributed by atoms with Crippen molar-refractivity contribution in [2.75, 3.05) is 33.4 Å². The number of halogens is 2. The summed E-state index contributed by atoms with van der Waals surface area (Å²) < 4.78 is 24.2. The molecule has 2 N–H and O–H groups in total. The minimum Gasteiger partial charge on any atom is -0.491 e. The van der Waals surface area contributed by atoms with E-state index in [4.69, 9.17) is 15.2 Å². The van der Waals surface area contributed by atoms with Crippen molar-refractivity contribution in [1.82, 2.24) is 4.90 Å². The van der Waals surface area contributed by atoms with Crippen LogP contribution >= 0.6 is 12.4 Å². The smallest absolute Gasteiger partial charge is 0.257 e. The number of hydrogen-bond acceptors (Lipinski definition) is 4. The van der Waals surface area contributed by atoms with E-state index in [1.54, 1.807) is 12.0 Å². The van der Waals surface area contributed by atoms with E-state index < -0.39 is 5.82 Å². The Morgan fingerprint density at radius 1 is 1.41 bits per heavy atom. The predicted octanol–water partition coefficient (Wildman–Crippen LogP) is 1.84. The zero-order valence-electron chi connectivity index (χ0n) is 12.6. The molecule has 7 heteroatoms. The fraction of sp³-hybridized carbons (Fsp3) is 0.533. The molecule has 1 heterocycles. The van der Waals surface area contributed by atoms with Gasteiger partial charge in [-0.3, -0.25) is 4.79 Å². The van der Waals surface area contributed by atoms with Gasteiger partial charge < -0.3 is 20.1 Å².